The third-order valence-electron chi connectivity index (χ3n) is 3.40. The van der Waals surface area contributed by atoms with E-state index in [0.717, 1.165) is 6.26 Å². The number of anilines is 1. The fourth-order valence-corrected chi connectivity index (χ4v) is 2.86. The Hall–Kier alpha value is -2.61. The van der Waals surface area contributed by atoms with E-state index in [2.05, 4.69) is 4.72 Å². The Kier molecular flexibility index (Phi) is 5.63. The van der Waals surface area contributed by atoms with Gasteiger partial charge in [-0.2, -0.15) is 0 Å². The highest BCUT2D eigenvalue weighted by molar-refractivity contribution is 7.92. The van der Waals surface area contributed by atoms with Gasteiger partial charge in [0.05, 0.1) is 13.4 Å². The molecule has 0 saturated heterocycles. The Morgan fingerprint density at radius 3 is 2.56 bits per heavy atom. The van der Waals surface area contributed by atoms with Crippen molar-refractivity contribution in [2.45, 2.75) is 6.54 Å². The summed E-state index contributed by atoms with van der Waals surface area (Å²) in [6, 6.07) is 10.7. The Morgan fingerprint density at radius 2 is 1.96 bits per heavy atom. The summed E-state index contributed by atoms with van der Waals surface area (Å²) in [6.45, 7) is 0.198. The average Bonchev–Trinajstić information content (AvgIpc) is 2.53. The first-order valence-corrected chi connectivity index (χ1v) is 9.24. The molecule has 0 heterocycles. The summed E-state index contributed by atoms with van der Waals surface area (Å²) in [5, 5.41) is 0. The predicted octanol–water partition coefficient (Wildman–Crippen LogP) is 2.48. The van der Waals surface area contributed by atoms with Crippen LogP contribution in [-0.4, -0.2) is 39.6 Å². The van der Waals surface area contributed by atoms with Gasteiger partial charge in [-0.05, 0) is 35.9 Å². The van der Waals surface area contributed by atoms with Gasteiger partial charge in [-0.25, -0.2) is 12.8 Å². The molecule has 0 aliphatic heterocycles. The SMILES string of the molecule is COc1ccc(CN(C)C(=O)c2cccc(NS(C)(=O)=O)c2)cc1F. The molecule has 2 rings (SSSR count). The van der Waals surface area contributed by atoms with E-state index in [1.54, 1.807) is 31.3 Å². The van der Waals surface area contributed by atoms with Crippen molar-refractivity contribution in [3.8, 4) is 5.75 Å². The van der Waals surface area contributed by atoms with E-state index in [1.807, 2.05) is 0 Å². The van der Waals surface area contributed by atoms with Crippen molar-refractivity contribution in [2.75, 3.05) is 25.1 Å². The molecule has 0 fully saturated rings. The highest BCUT2D eigenvalue weighted by Crippen LogP contribution is 2.19. The van der Waals surface area contributed by atoms with Crippen LogP contribution in [0.3, 0.4) is 0 Å². The third kappa shape index (κ3) is 5.18. The number of hydrogen-bond donors (Lipinski definition) is 1. The second-order valence-electron chi connectivity index (χ2n) is 5.59. The van der Waals surface area contributed by atoms with Crippen LogP contribution in [0.5, 0.6) is 5.75 Å². The monoisotopic (exact) mass is 366 g/mol. The molecule has 0 aliphatic rings. The summed E-state index contributed by atoms with van der Waals surface area (Å²) in [7, 11) is -0.464. The zero-order chi connectivity index (χ0) is 18.6. The van der Waals surface area contributed by atoms with Crippen molar-refractivity contribution in [3.05, 3.63) is 59.4 Å². The minimum absolute atomic E-state index is 0.136. The summed E-state index contributed by atoms with van der Waals surface area (Å²) in [4.78, 5) is 13.9. The minimum Gasteiger partial charge on any atom is -0.494 e. The lowest BCUT2D eigenvalue weighted by molar-refractivity contribution is 0.0785. The maximum absolute atomic E-state index is 13.7. The molecule has 25 heavy (non-hydrogen) atoms. The smallest absolute Gasteiger partial charge is 0.253 e. The number of nitrogens with zero attached hydrogens (tertiary/aromatic N) is 1. The molecule has 0 bridgehead atoms. The van der Waals surface area contributed by atoms with Crippen LogP contribution in [0.15, 0.2) is 42.5 Å². The minimum atomic E-state index is -3.43. The lowest BCUT2D eigenvalue weighted by Gasteiger charge is -2.18. The maximum atomic E-state index is 13.7. The van der Waals surface area contributed by atoms with E-state index < -0.39 is 15.8 Å². The molecule has 2 aromatic carbocycles. The van der Waals surface area contributed by atoms with E-state index in [0.29, 0.717) is 16.8 Å². The fraction of sp³-hybridized carbons (Fsp3) is 0.235. The summed E-state index contributed by atoms with van der Waals surface area (Å²) in [5.74, 6) is -0.675. The molecular weight excluding hydrogens is 347 g/mol. The van der Waals surface area contributed by atoms with Gasteiger partial charge in [0.2, 0.25) is 10.0 Å². The second-order valence-corrected chi connectivity index (χ2v) is 7.33. The molecule has 1 amide bonds. The van der Waals surface area contributed by atoms with Gasteiger partial charge in [0.25, 0.3) is 5.91 Å². The Labute approximate surface area is 146 Å². The Balaban J connectivity index is 2.14. The first kappa shape index (κ1) is 18.7. The Morgan fingerprint density at radius 1 is 1.24 bits per heavy atom. The standard InChI is InChI=1S/C17H19FN2O4S/c1-20(11-12-7-8-16(24-2)15(18)9-12)17(21)13-5-4-6-14(10-13)19-25(3,22)23/h4-10,19H,11H2,1-3H3. The molecule has 0 aliphatic carbocycles. The van der Waals surface area contributed by atoms with Gasteiger partial charge in [-0.15, -0.1) is 0 Å². The summed E-state index contributed by atoms with van der Waals surface area (Å²) < 4.78 is 43.5. The van der Waals surface area contributed by atoms with Gasteiger partial charge in [-0.3, -0.25) is 9.52 Å². The normalized spacial score (nSPS) is 11.0. The molecule has 0 radical (unpaired) electrons. The lowest BCUT2D eigenvalue weighted by Crippen LogP contribution is -2.26. The summed E-state index contributed by atoms with van der Waals surface area (Å²) in [5.41, 5.74) is 1.24. The van der Waals surface area contributed by atoms with Crippen molar-refractivity contribution in [3.63, 3.8) is 0 Å². The topological polar surface area (TPSA) is 75.7 Å². The van der Waals surface area contributed by atoms with Crippen molar-refractivity contribution in [1.29, 1.82) is 0 Å². The molecule has 6 nitrogen and oxygen atoms in total. The van der Waals surface area contributed by atoms with Gasteiger partial charge >= 0.3 is 0 Å². The summed E-state index contributed by atoms with van der Waals surface area (Å²) >= 11 is 0. The van der Waals surface area contributed by atoms with E-state index in [-0.39, 0.29) is 18.2 Å². The molecule has 0 aromatic heterocycles. The molecule has 0 unspecified atom stereocenters. The first-order valence-electron chi connectivity index (χ1n) is 7.35. The fourth-order valence-electron chi connectivity index (χ4n) is 2.30. The number of rotatable bonds is 6. The van der Waals surface area contributed by atoms with Gasteiger partial charge in [0.15, 0.2) is 11.6 Å². The molecule has 0 saturated carbocycles. The number of halogens is 1. The van der Waals surface area contributed by atoms with Crippen LogP contribution in [0.4, 0.5) is 10.1 Å². The average molecular weight is 366 g/mol. The highest BCUT2D eigenvalue weighted by Gasteiger charge is 2.14. The van der Waals surface area contributed by atoms with Crippen LogP contribution in [0.2, 0.25) is 0 Å². The summed E-state index contributed by atoms with van der Waals surface area (Å²) in [6.07, 6.45) is 1.03. The number of carbonyl (C=O) groups is 1. The molecule has 1 N–H and O–H groups in total. The largest absolute Gasteiger partial charge is 0.494 e. The van der Waals surface area contributed by atoms with Crippen LogP contribution in [0.1, 0.15) is 15.9 Å². The number of sulfonamides is 1. The number of methoxy groups -OCH3 is 1. The number of amides is 1. The number of ether oxygens (including phenoxy) is 1. The molecule has 0 atom stereocenters. The van der Waals surface area contributed by atoms with Crippen LogP contribution in [-0.2, 0) is 16.6 Å². The second kappa shape index (κ2) is 7.52. The van der Waals surface area contributed by atoms with Crippen LogP contribution in [0, 0.1) is 5.82 Å². The first-order chi connectivity index (χ1) is 11.7. The molecule has 2 aromatic rings. The molecule has 8 heteroatoms. The van der Waals surface area contributed by atoms with Crippen molar-refractivity contribution in [2.24, 2.45) is 0 Å². The predicted molar refractivity (Wildman–Crippen MR) is 93.7 cm³/mol. The van der Waals surface area contributed by atoms with Crippen molar-refractivity contribution >= 4 is 21.6 Å². The van der Waals surface area contributed by atoms with E-state index >= 15 is 0 Å². The number of benzene rings is 2. The van der Waals surface area contributed by atoms with Gasteiger partial charge in [-0.1, -0.05) is 12.1 Å². The Bertz CT molecular complexity index is 884. The van der Waals surface area contributed by atoms with E-state index in [9.17, 15) is 17.6 Å². The zero-order valence-corrected chi connectivity index (χ0v) is 14.9. The number of nitrogens with one attached hydrogen (secondary N) is 1. The lowest BCUT2D eigenvalue weighted by atomic mass is 10.1. The van der Waals surface area contributed by atoms with Crippen LogP contribution >= 0.6 is 0 Å². The molecule has 134 valence electrons. The number of hydrogen-bond acceptors (Lipinski definition) is 4. The van der Waals surface area contributed by atoms with Crippen molar-refractivity contribution < 1.29 is 22.3 Å². The maximum Gasteiger partial charge on any atom is 0.253 e. The molecular formula is C17H19FN2O4S. The highest BCUT2D eigenvalue weighted by atomic mass is 32.2. The third-order valence-corrected chi connectivity index (χ3v) is 4.00. The van der Waals surface area contributed by atoms with E-state index in [4.69, 9.17) is 4.74 Å². The molecule has 0 spiro atoms. The van der Waals surface area contributed by atoms with Crippen molar-refractivity contribution in [1.82, 2.24) is 4.90 Å². The van der Waals surface area contributed by atoms with Crippen LogP contribution in [0.25, 0.3) is 0 Å². The van der Waals surface area contributed by atoms with Gasteiger partial charge in [0.1, 0.15) is 0 Å². The van der Waals surface area contributed by atoms with E-state index in [1.165, 1.54) is 30.2 Å². The number of carbonyl (C=O) groups excluding carboxylic acids is 1. The van der Waals surface area contributed by atoms with Gasteiger partial charge < -0.3 is 9.64 Å². The quantitative estimate of drug-likeness (QED) is 0.852. The zero-order valence-electron chi connectivity index (χ0n) is 14.1. The van der Waals surface area contributed by atoms with Crippen LogP contribution < -0.4 is 9.46 Å². The van der Waals surface area contributed by atoms with Gasteiger partial charge in [0, 0.05) is 24.8 Å².